The molecule has 3 rings (SSSR count). The number of hydrogen-bond donors (Lipinski definition) is 2. The topological polar surface area (TPSA) is 112 Å². The molecule has 1 aromatic carbocycles. The third-order valence-electron chi connectivity index (χ3n) is 5.36. The Morgan fingerprint density at radius 2 is 1.58 bits per heavy atom. The number of benzene rings is 1. The number of aromatic amines is 1. The molecular formula is C26H26F9N5O3. The zero-order valence-corrected chi connectivity index (χ0v) is 22.8. The molecule has 0 aliphatic rings. The van der Waals surface area contributed by atoms with Gasteiger partial charge in [-0.3, -0.25) is 14.0 Å². The molecule has 0 unspecified atom stereocenters. The van der Waals surface area contributed by atoms with E-state index < -0.39 is 63.4 Å². The fraction of sp³-hybridized carbons (Fsp3) is 0.346. The molecule has 0 spiro atoms. The van der Waals surface area contributed by atoms with Gasteiger partial charge in [-0.25, -0.2) is 23.8 Å². The predicted octanol–water partition coefficient (Wildman–Crippen LogP) is 6.43. The lowest BCUT2D eigenvalue weighted by Crippen LogP contribution is -2.22. The molecule has 0 radical (unpaired) electrons. The minimum absolute atomic E-state index is 0.0692. The van der Waals surface area contributed by atoms with Crippen LogP contribution < -0.4 is 5.56 Å². The van der Waals surface area contributed by atoms with Crippen LogP contribution in [-0.2, 0) is 12.4 Å². The first-order valence-electron chi connectivity index (χ1n) is 12.1. The van der Waals surface area contributed by atoms with E-state index in [1.807, 2.05) is 4.90 Å². The van der Waals surface area contributed by atoms with Crippen molar-refractivity contribution in [3.63, 3.8) is 0 Å². The van der Waals surface area contributed by atoms with Crippen molar-refractivity contribution in [2.24, 2.45) is 0 Å². The minimum Gasteiger partial charge on any atom is -0.505 e. The molecule has 2 N–H and O–H groups in total. The lowest BCUT2D eigenvalue weighted by atomic mass is 10.0. The second-order valence-corrected chi connectivity index (χ2v) is 8.43. The highest BCUT2D eigenvalue weighted by atomic mass is 19.4. The Morgan fingerprint density at radius 1 is 0.977 bits per heavy atom. The SMILES string of the molecule is CCCCCN(C)/C=C\c1cc(-c2ncc(C(F)(F)F)cn2)c(F)c(F)c1C=O.CF.O=c1[nH]ncc(O)c1C(F)(F)F. The number of aromatic hydroxyl groups is 1. The summed E-state index contributed by atoms with van der Waals surface area (Å²) in [5.41, 5.74) is -5.05. The average molecular weight is 628 g/mol. The number of H-pyrrole nitrogens is 1. The molecule has 8 nitrogen and oxygen atoms in total. The van der Waals surface area contributed by atoms with Gasteiger partial charge in [0.15, 0.2) is 35.1 Å². The summed E-state index contributed by atoms with van der Waals surface area (Å²) in [7, 11) is 2.30. The van der Waals surface area contributed by atoms with Crippen LogP contribution >= 0.6 is 0 Å². The highest BCUT2D eigenvalue weighted by Gasteiger charge is 2.37. The Morgan fingerprint density at radius 3 is 2.05 bits per heavy atom. The number of carbonyl (C=O) groups excluding carboxylic acids is 1. The molecule has 0 saturated carbocycles. The molecular weight excluding hydrogens is 601 g/mol. The molecule has 0 fully saturated rings. The zero-order valence-electron chi connectivity index (χ0n) is 22.8. The van der Waals surface area contributed by atoms with E-state index in [1.54, 1.807) is 18.3 Å². The van der Waals surface area contributed by atoms with Crippen molar-refractivity contribution < 1.29 is 49.4 Å². The van der Waals surface area contributed by atoms with E-state index in [-0.39, 0.29) is 11.8 Å². The van der Waals surface area contributed by atoms with Crippen molar-refractivity contribution in [2.45, 2.75) is 38.5 Å². The lowest BCUT2D eigenvalue weighted by molar-refractivity contribution is -0.140. The van der Waals surface area contributed by atoms with E-state index in [4.69, 9.17) is 5.11 Å². The number of halogens is 9. The lowest BCUT2D eigenvalue weighted by Gasteiger charge is -2.14. The fourth-order valence-electron chi connectivity index (χ4n) is 3.25. The van der Waals surface area contributed by atoms with Gasteiger partial charge in [-0.1, -0.05) is 19.8 Å². The number of hydrogen-bond acceptors (Lipinski definition) is 7. The van der Waals surface area contributed by atoms with Gasteiger partial charge in [0, 0.05) is 26.0 Å². The number of nitrogens with one attached hydrogen (secondary N) is 1. The van der Waals surface area contributed by atoms with Gasteiger partial charge in [-0.2, -0.15) is 31.4 Å². The van der Waals surface area contributed by atoms with Gasteiger partial charge in [0.25, 0.3) is 5.56 Å². The molecule has 17 heteroatoms. The van der Waals surface area contributed by atoms with Crippen molar-refractivity contribution in [1.29, 1.82) is 0 Å². The highest BCUT2D eigenvalue weighted by molar-refractivity contribution is 5.84. The first-order valence-corrected chi connectivity index (χ1v) is 12.1. The van der Waals surface area contributed by atoms with Crippen molar-refractivity contribution in [2.75, 3.05) is 20.8 Å². The van der Waals surface area contributed by atoms with Gasteiger partial charge in [0.1, 0.15) is 0 Å². The molecule has 0 aliphatic heterocycles. The van der Waals surface area contributed by atoms with Crippen LogP contribution in [0.25, 0.3) is 17.5 Å². The summed E-state index contributed by atoms with van der Waals surface area (Å²) in [4.78, 5) is 30.6. The molecule has 2 aromatic heterocycles. The van der Waals surface area contributed by atoms with E-state index in [1.165, 1.54) is 6.08 Å². The number of rotatable bonds is 8. The van der Waals surface area contributed by atoms with E-state index >= 15 is 0 Å². The molecule has 0 amide bonds. The largest absolute Gasteiger partial charge is 0.505 e. The van der Waals surface area contributed by atoms with Gasteiger partial charge in [-0.05, 0) is 30.3 Å². The summed E-state index contributed by atoms with van der Waals surface area (Å²) in [6.07, 6.45) is -1.74. The smallest absolute Gasteiger partial charge is 0.425 e. The van der Waals surface area contributed by atoms with Gasteiger partial charge in [0.05, 0.1) is 30.1 Å². The Balaban J connectivity index is 0.000000549. The van der Waals surface area contributed by atoms with Crippen LogP contribution in [0.2, 0.25) is 0 Å². The van der Waals surface area contributed by atoms with E-state index in [0.717, 1.165) is 31.9 Å². The highest BCUT2D eigenvalue weighted by Crippen LogP contribution is 2.32. The number of aromatic nitrogens is 4. The van der Waals surface area contributed by atoms with Crippen molar-refractivity contribution in [1.82, 2.24) is 25.1 Å². The summed E-state index contributed by atoms with van der Waals surface area (Å²) in [5, 5.41) is 13.2. The van der Waals surface area contributed by atoms with E-state index in [2.05, 4.69) is 22.0 Å². The molecule has 43 heavy (non-hydrogen) atoms. The van der Waals surface area contributed by atoms with Crippen LogP contribution in [0.15, 0.2) is 35.7 Å². The number of unbranched alkanes of at least 4 members (excludes halogenated alkanes) is 2. The maximum absolute atomic E-state index is 14.4. The van der Waals surface area contributed by atoms with Crippen LogP contribution in [0, 0.1) is 11.6 Å². The molecule has 3 aromatic rings. The Bertz CT molecular complexity index is 1420. The van der Waals surface area contributed by atoms with Crippen LogP contribution in [0.3, 0.4) is 0 Å². The number of aldehydes is 1. The first kappa shape index (κ1) is 36.6. The third-order valence-corrected chi connectivity index (χ3v) is 5.36. The molecule has 0 bridgehead atoms. The number of nitrogens with zero attached hydrogens (tertiary/aromatic N) is 4. The average Bonchev–Trinajstić information content (AvgIpc) is 2.94. The summed E-state index contributed by atoms with van der Waals surface area (Å²) < 4.78 is 112. The quantitative estimate of drug-likeness (QED) is 0.168. The number of carbonyl (C=O) groups is 1. The maximum atomic E-state index is 14.4. The van der Waals surface area contributed by atoms with Gasteiger partial charge < -0.3 is 10.0 Å². The summed E-state index contributed by atoms with van der Waals surface area (Å²) in [6, 6.07) is 1.14. The summed E-state index contributed by atoms with van der Waals surface area (Å²) >= 11 is 0. The first-order chi connectivity index (χ1) is 20.1. The van der Waals surface area contributed by atoms with Crippen LogP contribution in [0.4, 0.5) is 39.5 Å². The standard InChI is InChI=1S/C20H20F5N3O.C5H3F3N2O2.CH3F/c1-3-4-5-7-28(2)8-6-13-9-15(17(21)18(22)16(13)12-29)19-26-10-14(11-27-19)20(23,24)25;6-5(7,8)3-2(11)1-9-10-4(3)12;1-2/h6,8-12H,3-5,7H2,1-2H3;1H,(H2,10,11,12);1H3/b8-6-;;. The molecule has 0 atom stereocenters. The molecule has 236 valence electrons. The molecule has 0 aliphatic carbocycles. The van der Waals surface area contributed by atoms with Crippen LogP contribution in [0.5, 0.6) is 5.75 Å². The predicted molar refractivity (Wildman–Crippen MR) is 138 cm³/mol. The summed E-state index contributed by atoms with van der Waals surface area (Å²) in [5.74, 6) is -4.40. The van der Waals surface area contributed by atoms with Gasteiger partial charge in [-0.15, -0.1) is 0 Å². The Labute approximate surface area is 238 Å². The zero-order chi connectivity index (χ0) is 33.0. The molecule has 0 saturated heterocycles. The second-order valence-electron chi connectivity index (χ2n) is 8.43. The van der Waals surface area contributed by atoms with Gasteiger partial charge >= 0.3 is 12.4 Å². The normalized spacial score (nSPS) is 11.3. The van der Waals surface area contributed by atoms with Crippen LogP contribution in [0.1, 0.15) is 53.2 Å². The van der Waals surface area contributed by atoms with Gasteiger partial charge in [0.2, 0.25) is 0 Å². The molecule has 2 heterocycles. The van der Waals surface area contributed by atoms with Crippen molar-refractivity contribution in [3.8, 4) is 17.1 Å². The van der Waals surface area contributed by atoms with E-state index in [9.17, 15) is 49.1 Å². The third kappa shape index (κ3) is 10.4. The van der Waals surface area contributed by atoms with Crippen molar-refractivity contribution in [3.05, 3.63) is 75.1 Å². The minimum atomic E-state index is -4.86. The number of alkyl halides is 7. The fourth-order valence-corrected chi connectivity index (χ4v) is 3.25. The van der Waals surface area contributed by atoms with E-state index in [0.29, 0.717) is 25.8 Å². The van der Waals surface area contributed by atoms with Crippen molar-refractivity contribution >= 4 is 12.4 Å². The second kappa shape index (κ2) is 16.3. The monoisotopic (exact) mass is 627 g/mol. The summed E-state index contributed by atoms with van der Waals surface area (Å²) in [6.45, 7) is 2.80. The maximum Gasteiger partial charge on any atom is 0.425 e. The Kier molecular flexibility index (Phi) is 13.8. The Hall–Kier alpha value is -4.44. The van der Waals surface area contributed by atoms with Crippen LogP contribution in [-0.4, -0.2) is 57.2 Å².